The van der Waals surface area contributed by atoms with E-state index in [1.165, 1.54) is 10.6 Å². The van der Waals surface area contributed by atoms with E-state index in [9.17, 15) is 13.2 Å². The van der Waals surface area contributed by atoms with Crippen LogP contribution in [0.2, 0.25) is 10.0 Å². The molecule has 2 aliphatic rings. The van der Waals surface area contributed by atoms with Gasteiger partial charge in [0.1, 0.15) is 23.4 Å². The lowest BCUT2D eigenvalue weighted by Crippen LogP contribution is -2.55. The van der Waals surface area contributed by atoms with E-state index in [-0.39, 0.29) is 32.2 Å². The number of aliphatic imine (C=N–C) groups is 1. The summed E-state index contributed by atoms with van der Waals surface area (Å²) in [5.41, 5.74) is 2.36. The zero-order valence-corrected chi connectivity index (χ0v) is 26.6. The van der Waals surface area contributed by atoms with Crippen molar-refractivity contribution in [3.8, 4) is 11.5 Å². The van der Waals surface area contributed by atoms with Crippen LogP contribution in [0, 0.1) is 0 Å². The van der Waals surface area contributed by atoms with Crippen molar-refractivity contribution in [2.45, 2.75) is 25.9 Å². The lowest BCUT2D eigenvalue weighted by Gasteiger charge is -2.38. The van der Waals surface area contributed by atoms with E-state index in [4.69, 9.17) is 37.7 Å². The molecule has 5 rings (SSSR count). The predicted molar refractivity (Wildman–Crippen MR) is 169 cm³/mol. The van der Waals surface area contributed by atoms with Gasteiger partial charge in [-0.1, -0.05) is 47.5 Å². The number of amides is 2. The quantitative estimate of drug-likeness (QED) is 0.298. The summed E-state index contributed by atoms with van der Waals surface area (Å²) in [5, 5.41) is 1.17. The van der Waals surface area contributed by atoms with Gasteiger partial charge in [0.15, 0.2) is 0 Å². The maximum Gasteiger partial charge on any atom is 0.326 e. The molecule has 0 aromatic heterocycles. The molecule has 2 unspecified atom stereocenters. The van der Waals surface area contributed by atoms with E-state index in [1.807, 2.05) is 68.4 Å². The number of ether oxygens (including phenoxy) is 2. The van der Waals surface area contributed by atoms with Gasteiger partial charge in [-0.05, 0) is 61.4 Å². The van der Waals surface area contributed by atoms with Crippen LogP contribution >= 0.6 is 23.2 Å². The maximum atomic E-state index is 14.6. The fraction of sp³-hybridized carbons (Fsp3) is 0.355. The summed E-state index contributed by atoms with van der Waals surface area (Å²) in [6, 6.07) is 19.1. The fourth-order valence-corrected chi connectivity index (χ4v) is 6.52. The normalized spacial score (nSPS) is 19.3. The first kappa shape index (κ1) is 31.1. The largest absolute Gasteiger partial charge is 0.494 e. The van der Waals surface area contributed by atoms with Crippen molar-refractivity contribution in [3.05, 3.63) is 93.5 Å². The number of sulfonamides is 1. The first-order chi connectivity index (χ1) is 20.6. The number of amidine groups is 1. The number of halogens is 2. The number of nitrogens with zero attached hydrogens (tertiary/aromatic N) is 4. The molecule has 12 heteroatoms. The second-order valence-corrected chi connectivity index (χ2v) is 13.1. The molecule has 2 atom stereocenters. The van der Waals surface area contributed by atoms with Gasteiger partial charge >= 0.3 is 6.03 Å². The van der Waals surface area contributed by atoms with Gasteiger partial charge < -0.3 is 14.4 Å². The van der Waals surface area contributed by atoms with Crippen molar-refractivity contribution in [1.29, 1.82) is 0 Å². The summed E-state index contributed by atoms with van der Waals surface area (Å²) in [5.74, 6) is 1.63. The number of hydrogen-bond acceptors (Lipinski definition) is 6. The van der Waals surface area contributed by atoms with Crippen LogP contribution < -0.4 is 9.47 Å². The number of benzene rings is 3. The third-order valence-corrected chi connectivity index (χ3v) is 9.29. The Morgan fingerprint density at radius 2 is 1.44 bits per heavy atom. The first-order valence-corrected chi connectivity index (χ1v) is 16.7. The third-order valence-electron chi connectivity index (χ3n) is 7.48. The molecule has 228 valence electrons. The van der Waals surface area contributed by atoms with Gasteiger partial charge in [0.25, 0.3) is 0 Å². The summed E-state index contributed by atoms with van der Waals surface area (Å²) in [7, 11) is -3.37. The molecule has 0 saturated carbocycles. The van der Waals surface area contributed by atoms with Gasteiger partial charge in [-0.2, -0.15) is 4.31 Å². The third kappa shape index (κ3) is 6.77. The van der Waals surface area contributed by atoms with Crippen LogP contribution in [0.5, 0.6) is 11.5 Å². The molecule has 9 nitrogen and oxygen atoms in total. The number of hydrogen-bond donors (Lipinski definition) is 0. The van der Waals surface area contributed by atoms with Crippen LogP contribution in [-0.2, 0) is 10.0 Å². The summed E-state index contributed by atoms with van der Waals surface area (Å²) in [6.45, 7) is 5.62. The van der Waals surface area contributed by atoms with E-state index >= 15 is 0 Å². The van der Waals surface area contributed by atoms with E-state index < -0.39 is 22.1 Å². The Kier molecular flexibility index (Phi) is 9.51. The van der Waals surface area contributed by atoms with Crippen molar-refractivity contribution in [1.82, 2.24) is 14.1 Å². The van der Waals surface area contributed by atoms with E-state index in [0.29, 0.717) is 46.2 Å². The summed E-state index contributed by atoms with van der Waals surface area (Å²) in [4.78, 5) is 23.1. The maximum absolute atomic E-state index is 14.6. The van der Waals surface area contributed by atoms with Gasteiger partial charge in [0.05, 0.1) is 31.1 Å². The Hall–Kier alpha value is -3.31. The van der Waals surface area contributed by atoms with E-state index in [2.05, 4.69) is 0 Å². The number of urea groups is 1. The molecule has 2 aliphatic heterocycles. The van der Waals surface area contributed by atoms with Crippen LogP contribution in [0.3, 0.4) is 0 Å². The van der Waals surface area contributed by atoms with Gasteiger partial charge in [-0.15, -0.1) is 0 Å². The van der Waals surface area contributed by atoms with Gasteiger partial charge in [0.2, 0.25) is 10.0 Å². The molecule has 0 bridgehead atoms. The Morgan fingerprint density at radius 3 is 2.00 bits per heavy atom. The summed E-state index contributed by atoms with van der Waals surface area (Å²) in [6.07, 6.45) is 1.18. The zero-order chi connectivity index (χ0) is 30.7. The number of piperazine rings is 1. The molecular weight excluding hydrogens is 611 g/mol. The van der Waals surface area contributed by atoms with Crippen molar-refractivity contribution < 1.29 is 22.7 Å². The number of carbonyl (C=O) groups is 1. The van der Waals surface area contributed by atoms with Gasteiger partial charge in [-0.3, -0.25) is 9.89 Å². The standard InChI is InChI=1S/C31H34Cl2N4O5S/c1-4-41-25-14-15-26(27(20-25)42-5-2)30-34-28(21-6-10-23(32)11-7-21)29(22-8-12-24(33)13-9-22)37(30)31(38)35-16-18-36(19-17-35)43(3,39)40/h6-15,20,28-29H,4-5,16-19H2,1-3H3. The highest BCUT2D eigenvalue weighted by Gasteiger charge is 2.45. The molecule has 0 N–H and O–H groups in total. The predicted octanol–water partition coefficient (Wildman–Crippen LogP) is 6.03. The molecular formula is C31H34Cl2N4O5S. The summed E-state index contributed by atoms with van der Waals surface area (Å²) >= 11 is 12.5. The molecule has 3 aromatic carbocycles. The Morgan fingerprint density at radius 1 is 0.860 bits per heavy atom. The first-order valence-electron chi connectivity index (χ1n) is 14.1. The molecule has 0 spiro atoms. The molecule has 2 heterocycles. The molecule has 2 amide bonds. The second-order valence-electron chi connectivity index (χ2n) is 10.3. The fourth-order valence-electron chi connectivity index (χ4n) is 5.44. The van der Waals surface area contributed by atoms with E-state index in [0.717, 1.165) is 11.1 Å². The van der Waals surface area contributed by atoms with E-state index in [1.54, 1.807) is 21.9 Å². The van der Waals surface area contributed by atoms with Crippen molar-refractivity contribution in [2.75, 3.05) is 45.6 Å². The van der Waals surface area contributed by atoms with Gasteiger partial charge in [0, 0.05) is 42.3 Å². The number of rotatable bonds is 8. The lowest BCUT2D eigenvalue weighted by molar-refractivity contribution is 0.143. The van der Waals surface area contributed by atoms with Crippen molar-refractivity contribution in [3.63, 3.8) is 0 Å². The van der Waals surface area contributed by atoms with Crippen molar-refractivity contribution >= 4 is 45.1 Å². The SMILES string of the molecule is CCOc1ccc(C2=NC(c3ccc(Cl)cc3)C(c3ccc(Cl)cc3)N2C(=O)N2CCN(S(C)(=O)=O)CC2)c(OCC)c1. The topological polar surface area (TPSA) is 91.8 Å². The van der Waals surface area contributed by atoms with Crippen LogP contribution in [0.4, 0.5) is 4.79 Å². The second kappa shape index (κ2) is 13.1. The lowest BCUT2D eigenvalue weighted by atomic mass is 9.93. The Bertz CT molecular complexity index is 1590. The highest BCUT2D eigenvalue weighted by Crippen LogP contribution is 2.46. The highest BCUT2D eigenvalue weighted by molar-refractivity contribution is 7.88. The molecule has 43 heavy (non-hydrogen) atoms. The van der Waals surface area contributed by atoms with Gasteiger partial charge in [-0.25, -0.2) is 13.2 Å². The minimum atomic E-state index is -3.37. The van der Waals surface area contributed by atoms with Crippen molar-refractivity contribution in [2.24, 2.45) is 4.99 Å². The van der Waals surface area contributed by atoms with Crippen LogP contribution in [0.1, 0.15) is 42.6 Å². The minimum absolute atomic E-state index is 0.213. The summed E-state index contributed by atoms with van der Waals surface area (Å²) < 4.78 is 37.5. The average molecular weight is 646 g/mol. The Balaban J connectivity index is 1.65. The molecule has 1 fully saturated rings. The molecule has 0 aliphatic carbocycles. The molecule has 1 saturated heterocycles. The minimum Gasteiger partial charge on any atom is -0.494 e. The smallest absolute Gasteiger partial charge is 0.326 e. The Labute approximate surface area is 262 Å². The highest BCUT2D eigenvalue weighted by atomic mass is 35.5. The number of carbonyl (C=O) groups excluding carboxylic acids is 1. The monoisotopic (exact) mass is 644 g/mol. The average Bonchev–Trinajstić information content (AvgIpc) is 3.38. The van der Waals surface area contributed by atoms with Crippen LogP contribution in [0.15, 0.2) is 71.7 Å². The molecule has 0 radical (unpaired) electrons. The van der Waals surface area contributed by atoms with Crippen LogP contribution in [-0.4, -0.2) is 80.0 Å². The molecule has 3 aromatic rings. The van der Waals surface area contributed by atoms with Crippen LogP contribution in [0.25, 0.3) is 0 Å². The zero-order valence-electron chi connectivity index (χ0n) is 24.2.